The van der Waals surface area contributed by atoms with Gasteiger partial charge in [0.05, 0.1) is 4.90 Å². The van der Waals surface area contributed by atoms with Crippen LogP contribution in [0.2, 0.25) is 0 Å². The Labute approximate surface area is 143 Å². The molecule has 1 aliphatic heterocycles. The van der Waals surface area contributed by atoms with Crippen LogP contribution >= 0.6 is 12.4 Å². The van der Waals surface area contributed by atoms with Gasteiger partial charge >= 0.3 is 0 Å². The van der Waals surface area contributed by atoms with Crippen molar-refractivity contribution >= 4 is 28.3 Å². The summed E-state index contributed by atoms with van der Waals surface area (Å²) in [5.41, 5.74) is 6.18. The summed E-state index contributed by atoms with van der Waals surface area (Å²) in [7, 11) is -3.53. The molecular weight excluding hydrogens is 338 g/mol. The number of carbonyl (C=O) groups excluding carboxylic acids is 1. The van der Waals surface area contributed by atoms with E-state index in [1.165, 1.54) is 12.1 Å². The van der Waals surface area contributed by atoms with Crippen molar-refractivity contribution in [2.75, 3.05) is 13.1 Å². The minimum atomic E-state index is -3.53. The molecule has 1 saturated heterocycles. The molecule has 8 heteroatoms. The number of nitrogens with zero attached hydrogens (tertiary/aromatic N) is 1. The Balaban J connectivity index is 0.00000264. The molecule has 2 rings (SSSR count). The van der Waals surface area contributed by atoms with Gasteiger partial charge in [0, 0.05) is 30.7 Å². The molecule has 1 atom stereocenters. The number of rotatable bonds is 5. The quantitative estimate of drug-likeness (QED) is 0.828. The normalized spacial score (nSPS) is 18.1. The van der Waals surface area contributed by atoms with Gasteiger partial charge in [-0.05, 0) is 51.0 Å². The Morgan fingerprint density at radius 3 is 2.48 bits per heavy atom. The Bertz CT molecular complexity index is 632. The first-order valence-electron chi connectivity index (χ1n) is 7.48. The molecule has 3 N–H and O–H groups in total. The highest BCUT2D eigenvalue weighted by Crippen LogP contribution is 2.20. The van der Waals surface area contributed by atoms with Crippen LogP contribution < -0.4 is 10.5 Å². The molecule has 0 saturated carbocycles. The highest BCUT2D eigenvalue weighted by molar-refractivity contribution is 7.89. The fourth-order valence-electron chi connectivity index (χ4n) is 2.67. The monoisotopic (exact) mass is 361 g/mol. The number of amides is 1. The predicted octanol–water partition coefficient (Wildman–Crippen LogP) is 1.36. The zero-order chi connectivity index (χ0) is 16.3. The Hall–Kier alpha value is -1.15. The topological polar surface area (TPSA) is 92.5 Å². The number of sulfonamides is 1. The number of nitrogens with two attached hydrogens (primary N) is 1. The number of hydrogen-bond donors (Lipinski definition) is 2. The number of hydrogen-bond acceptors (Lipinski definition) is 4. The van der Waals surface area contributed by atoms with Gasteiger partial charge in [0.1, 0.15) is 0 Å². The number of likely N-dealkylation sites (tertiary alicyclic amines) is 1. The summed E-state index contributed by atoms with van der Waals surface area (Å²) >= 11 is 0. The molecule has 6 nitrogen and oxygen atoms in total. The molecule has 130 valence electrons. The van der Waals surface area contributed by atoms with E-state index in [1.54, 1.807) is 30.9 Å². The Morgan fingerprint density at radius 1 is 1.35 bits per heavy atom. The molecule has 1 aromatic rings. The van der Waals surface area contributed by atoms with Crippen molar-refractivity contribution in [1.82, 2.24) is 9.62 Å². The van der Waals surface area contributed by atoms with E-state index in [0.29, 0.717) is 18.7 Å². The second-order valence-electron chi connectivity index (χ2n) is 5.83. The second-order valence-corrected chi connectivity index (χ2v) is 7.54. The summed E-state index contributed by atoms with van der Waals surface area (Å²) in [6, 6.07) is 5.95. The number of nitrogens with one attached hydrogen (secondary N) is 1. The summed E-state index contributed by atoms with van der Waals surface area (Å²) < 4.78 is 26.6. The van der Waals surface area contributed by atoms with Crippen LogP contribution in [0.4, 0.5) is 0 Å². The standard InChI is InChI=1S/C15H23N3O3S.ClH/c1-11(2)17-22(20,21)14-7-5-12(6-8-14)15(19)18-9-3-4-13(18)10-16;/h5-8,11,13,17H,3-4,9-10,16H2,1-2H3;1H. The first-order chi connectivity index (χ1) is 10.3. The summed E-state index contributed by atoms with van der Waals surface area (Å²) in [4.78, 5) is 14.4. The molecule has 0 aliphatic carbocycles. The lowest BCUT2D eigenvalue weighted by molar-refractivity contribution is 0.0741. The van der Waals surface area contributed by atoms with Crippen molar-refractivity contribution in [3.8, 4) is 0 Å². The van der Waals surface area contributed by atoms with Gasteiger partial charge in [-0.3, -0.25) is 4.79 Å². The fraction of sp³-hybridized carbons (Fsp3) is 0.533. The number of halogens is 1. The smallest absolute Gasteiger partial charge is 0.254 e. The Kier molecular flexibility index (Phi) is 7.01. The van der Waals surface area contributed by atoms with E-state index in [1.807, 2.05) is 0 Å². The Morgan fingerprint density at radius 2 is 1.96 bits per heavy atom. The van der Waals surface area contributed by atoms with Crippen molar-refractivity contribution in [1.29, 1.82) is 0 Å². The summed E-state index contributed by atoms with van der Waals surface area (Å²) in [5, 5.41) is 0. The maximum absolute atomic E-state index is 12.5. The van der Waals surface area contributed by atoms with Gasteiger partial charge in [-0.25, -0.2) is 13.1 Å². The maximum Gasteiger partial charge on any atom is 0.254 e. The van der Waals surface area contributed by atoms with Crippen LogP contribution in [0.1, 0.15) is 37.0 Å². The van der Waals surface area contributed by atoms with E-state index >= 15 is 0 Å². The van der Waals surface area contributed by atoms with Crippen LogP contribution in [-0.4, -0.2) is 44.4 Å². The van der Waals surface area contributed by atoms with Gasteiger partial charge in [-0.1, -0.05) is 0 Å². The van der Waals surface area contributed by atoms with Gasteiger partial charge < -0.3 is 10.6 Å². The lowest BCUT2D eigenvalue weighted by atomic mass is 10.1. The molecule has 1 unspecified atom stereocenters. The van der Waals surface area contributed by atoms with Crippen LogP contribution in [0.3, 0.4) is 0 Å². The minimum absolute atomic E-state index is 0. The highest BCUT2D eigenvalue weighted by atomic mass is 35.5. The zero-order valence-electron chi connectivity index (χ0n) is 13.4. The lowest BCUT2D eigenvalue weighted by Gasteiger charge is -2.23. The first-order valence-corrected chi connectivity index (χ1v) is 8.97. The van der Waals surface area contributed by atoms with Gasteiger partial charge in [0.25, 0.3) is 5.91 Å². The molecule has 23 heavy (non-hydrogen) atoms. The zero-order valence-corrected chi connectivity index (χ0v) is 15.0. The van der Waals surface area contributed by atoms with E-state index < -0.39 is 10.0 Å². The van der Waals surface area contributed by atoms with Crippen LogP contribution in [0, 0.1) is 0 Å². The van der Waals surface area contributed by atoms with E-state index in [0.717, 1.165) is 12.8 Å². The van der Waals surface area contributed by atoms with Crippen molar-refractivity contribution in [2.45, 2.75) is 43.7 Å². The van der Waals surface area contributed by atoms with Crippen LogP contribution in [0.5, 0.6) is 0 Å². The molecule has 0 aromatic heterocycles. The van der Waals surface area contributed by atoms with E-state index in [4.69, 9.17) is 5.73 Å². The number of carbonyl (C=O) groups is 1. The van der Waals surface area contributed by atoms with E-state index in [2.05, 4.69) is 4.72 Å². The summed E-state index contributed by atoms with van der Waals surface area (Å²) in [6.07, 6.45) is 1.88. The van der Waals surface area contributed by atoms with E-state index in [9.17, 15) is 13.2 Å². The SMILES string of the molecule is CC(C)NS(=O)(=O)c1ccc(C(=O)N2CCCC2CN)cc1.Cl. The van der Waals surface area contributed by atoms with Crippen molar-refractivity contribution in [2.24, 2.45) is 5.73 Å². The van der Waals surface area contributed by atoms with Crippen LogP contribution in [0.25, 0.3) is 0 Å². The van der Waals surface area contributed by atoms with Crippen molar-refractivity contribution < 1.29 is 13.2 Å². The van der Waals surface area contributed by atoms with Crippen LogP contribution in [0.15, 0.2) is 29.2 Å². The van der Waals surface area contributed by atoms with E-state index in [-0.39, 0.29) is 35.3 Å². The third-order valence-electron chi connectivity index (χ3n) is 3.71. The summed E-state index contributed by atoms with van der Waals surface area (Å²) in [6.45, 7) is 4.68. The van der Waals surface area contributed by atoms with Gasteiger partial charge in [0.2, 0.25) is 10.0 Å². The average Bonchev–Trinajstić information content (AvgIpc) is 2.93. The first kappa shape index (κ1) is 19.9. The highest BCUT2D eigenvalue weighted by Gasteiger charge is 2.28. The lowest BCUT2D eigenvalue weighted by Crippen LogP contribution is -2.39. The fourth-order valence-corrected chi connectivity index (χ4v) is 3.92. The molecule has 0 radical (unpaired) electrons. The average molecular weight is 362 g/mol. The predicted molar refractivity (Wildman–Crippen MR) is 92.3 cm³/mol. The summed E-state index contributed by atoms with van der Waals surface area (Å²) in [5.74, 6) is -0.0892. The minimum Gasteiger partial charge on any atom is -0.334 e. The molecule has 0 bridgehead atoms. The molecule has 0 spiro atoms. The van der Waals surface area contributed by atoms with Gasteiger partial charge in [-0.2, -0.15) is 0 Å². The van der Waals surface area contributed by atoms with Crippen molar-refractivity contribution in [3.63, 3.8) is 0 Å². The third kappa shape index (κ3) is 4.67. The third-order valence-corrected chi connectivity index (χ3v) is 5.39. The molecule has 1 heterocycles. The molecule has 1 fully saturated rings. The van der Waals surface area contributed by atoms with Gasteiger partial charge in [-0.15, -0.1) is 12.4 Å². The van der Waals surface area contributed by atoms with Crippen LogP contribution in [-0.2, 0) is 10.0 Å². The molecule has 1 aromatic carbocycles. The van der Waals surface area contributed by atoms with Gasteiger partial charge in [0.15, 0.2) is 0 Å². The maximum atomic E-state index is 12.5. The second kappa shape index (κ2) is 8.10. The molecule has 1 amide bonds. The number of benzene rings is 1. The molecular formula is C15H24ClN3O3S. The largest absolute Gasteiger partial charge is 0.334 e. The molecule has 1 aliphatic rings. The van der Waals surface area contributed by atoms with Crippen molar-refractivity contribution in [3.05, 3.63) is 29.8 Å².